The largest absolute Gasteiger partial charge is 0.496 e. The van der Waals surface area contributed by atoms with Gasteiger partial charge in [-0.25, -0.2) is 4.79 Å². The van der Waals surface area contributed by atoms with Crippen LogP contribution in [0.15, 0.2) is 48.5 Å². The van der Waals surface area contributed by atoms with Crippen LogP contribution < -0.4 is 15.4 Å². The summed E-state index contributed by atoms with van der Waals surface area (Å²) in [6.07, 6.45) is 1.82. The molecule has 0 aliphatic heterocycles. The number of nitrogens with one attached hydrogen (secondary N) is 2. The molecule has 5 nitrogen and oxygen atoms in total. The predicted octanol–water partition coefficient (Wildman–Crippen LogP) is 3.40. The molecule has 0 saturated carbocycles. The van der Waals surface area contributed by atoms with Gasteiger partial charge in [0.15, 0.2) is 5.11 Å². The highest BCUT2D eigenvalue weighted by molar-refractivity contribution is 7.80. The molecule has 132 valence electrons. The molecule has 0 aromatic heterocycles. The number of carbonyl (C=O) groups excluding carboxylic acids is 1. The summed E-state index contributed by atoms with van der Waals surface area (Å²) in [6, 6.07) is 15.0. The summed E-state index contributed by atoms with van der Waals surface area (Å²) in [5.74, 6) is 0.530. The maximum Gasteiger partial charge on any atom is 0.337 e. The number of carbonyl (C=O) groups is 1. The summed E-state index contributed by atoms with van der Waals surface area (Å²) >= 11 is 5.29. The Hall–Kier alpha value is -2.60. The third-order valence-corrected chi connectivity index (χ3v) is 3.89. The number of anilines is 1. The van der Waals surface area contributed by atoms with Crippen molar-refractivity contribution in [3.63, 3.8) is 0 Å². The van der Waals surface area contributed by atoms with Crippen molar-refractivity contribution in [2.24, 2.45) is 0 Å². The fourth-order valence-electron chi connectivity index (χ4n) is 2.41. The predicted molar refractivity (Wildman–Crippen MR) is 103 cm³/mol. The van der Waals surface area contributed by atoms with Gasteiger partial charge in [-0.3, -0.25) is 0 Å². The lowest BCUT2D eigenvalue weighted by Crippen LogP contribution is -2.29. The van der Waals surface area contributed by atoms with Crippen LogP contribution in [0.5, 0.6) is 5.75 Å². The van der Waals surface area contributed by atoms with E-state index in [9.17, 15) is 4.79 Å². The first-order chi connectivity index (χ1) is 12.1. The van der Waals surface area contributed by atoms with Crippen molar-refractivity contribution in [3.8, 4) is 5.75 Å². The number of rotatable bonds is 7. The molecule has 0 amide bonds. The van der Waals surface area contributed by atoms with Crippen molar-refractivity contribution in [1.29, 1.82) is 0 Å². The van der Waals surface area contributed by atoms with Gasteiger partial charge >= 0.3 is 5.97 Å². The molecule has 6 heteroatoms. The molecule has 2 aromatic rings. The monoisotopic (exact) mass is 358 g/mol. The molecule has 0 unspecified atom stereocenters. The Labute approximate surface area is 153 Å². The molecule has 0 bridgehead atoms. The summed E-state index contributed by atoms with van der Waals surface area (Å²) < 4.78 is 10.1. The Morgan fingerprint density at radius 3 is 2.68 bits per heavy atom. The minimum Gasteiger partial charge on any atom is -0.496 e. The molecule has 0 atom stereocenters. The minimum atomic E-state index is -0.376. The number of esters is 1. The van der Waals surface area contributed by atoms with Crippen LogP contribution in [0.4, 0.5) is 5.69 Å². The Kier molecular flexibility index (Phi) is 7.22. The van der Waals surface area contributed by atoms with E-state index in [0.29, 0.717) is 10.7 Å². The molecule has 0 aliphatic rings. The van der Waals surface area contributed by atoms with Gasteiger partial charge in [-0.2, -0.15) is 0 Å². The van der Waals surface area contributed by atoms with Crippen molar-refractivity contribution in [2.45, 2.75) is 12.8 Å². The van der Waals surface area contributed by atoms with E-state index in [0.717, 1.165) is 30.8 Å². The van der Waals surface area contributed by atoms with E-state index in [2.05, 4.69) is 16.7 Å². The van der Waals surface area contributed by atoms with Gasteiger partial charge in [0.05, 0.1) is 19.8 Å². The number of benzene rings is 2. The number of para-hydroxylation sites is 1. The second-order valence-electron chi connectivity index (χ2n) is 5.37. The Morgan fingerprint density at radius 2 is 1.92 bits per heavy atom. The average Bonchev–Trinajstić information content (AvgIpc) is 2.65. The van der Waals surface area contributed by atoms with Crippen LogP contribution in [-0.4, -0.2) is 31.8 Å². The number of thiocarbonyl (C=S) groups is 1. The molecular formula is C19H22N2O3S. The molecule has 0 heterocycles. The van der Waals surface area contributed by atoms with Gasteiger partial charge in [0.25, 0.3) is 0 Å². The van der Waals surface area contributed by atoms with Crippen LogP contribution in [0.25, 0.3) is 0 Å². The first-order valence-corrected chi connectivity index (χ1v) is 8.40. The van der Waals surface area contributed by atoms with Crippen molar-refractivity contribution >= 4 is 29.0 Å². The van der Waals surface area contributed by atoms with Gasteiger partial charge < -0.3 is 20.1 Å². The SMILES string of the molecule is COC(=O)c1cccc(NC(=S)NCCCc2ccccc2OC)c1. The molecule has 0 radical (unpaired) electrons. The third kappa shape index (κ3) is 5.76. The Bertz CT molecular complexity index is 734. The summed E-state index contributed by atoms with van der Waals surface area (Å²) in [5.41, 5.74) is 2.40. The van der Waals surface area contributed by atoms with E-state index in [1.807, 2.05) is 24.3 Å². The van der Waals surface area contributed by atoms with E-state index >= 15 is 0 Å². The van der Waals surface area contributed by atoms with Gasteiger partial charge in [0.1, 0.15) is 5.75 Å². The maximum absolute atomic E-state index is 11.5. The zero-order chi connectivity index (χ0) is 18.1. The van der Waals surface area contributed by atoms with E-state index < -0.39 is 0 Å². The van der Waals surface area contributed by atoms with Crippen LogP contribution in [-0.2, 0) is 11.2 Å². The quantitative estimate of drug-likeness (QED) is 0.449. The first-order valence-electron chi connectivity index (χ1n) is 7.99. The number of methoxy groups -OCH3 is 2. The van der Waals surface area contributed by atoms with E-state index in [4.69, 9.17) is 21.7 Å². The van der Waals surface area contributed by atoms with Gasteiger partial charge in [0.2, 0.25) is 0 Å². The van der Waals surface area contributed by atoms with Crippen molar-refractivity contribution < 1.29 is 14.3 Å². The molecule has 0 spiro atoms. The molecule has 2 N–H and O–H groups in total. The van der Waals surface area contributed by atoms with Gasteiger partial charge in [-0.15, -0.1) is 0 Å². The van der Waals surface area contributed by atoms with Crippen LogP contribution in [0, 0.1) is 0 Å². The standard InChI is InChI=1S/C19H22N2O3S/c1-23-17-11-4-3-7-14(17)9-6-12-20-19(25)21-16-10-5-8-15(13-16)18(22)24-2/h3-5,7-8,10-11,13H,6,9,12H2,1-2H3,(H2,20,21,25). The number of hydrogen-bond donors (Lipinski definition) is 2. The Balaban J connectivity index is 1.78. The molecule has 0 aliphatic carbocycles. The first kappa shape index (κ1) is 18.7. The highest BCUT2D eigenvalue weighted by Gasteiger charge is 2.06. The number of hydrogen-bond acceptors (Lipinski definition) is 4. The third-order valence-electron chi connectivity index (χ3n) is 3.64. The lowest BCUT2D eigenvalue weighted by Gasteiger charge is -2.12. The van der Waals surface area contributed by atoms with E-state index in [1.165, 1.54) is 12.7 Å². The molecule has 2 aromatic carbocycles. The summed E-state index contributed by atoms with van der Waals surface area (Å²) in [6.45, 7) is 0.737. The van der Waals surface area contributed by atoms with Gasteiger partial charge in [-0.05, 0) is 54.9 Å². The fraction of sp³-hybridized carbons (Fsp3) is 0.263. The lowest BCUT2D eigenvalue weighted by atomic mass is 10.1. The van der Waals surface area contributed by atoms with E-state index in [-0.39, 0.29) is 5.97 Å². The zero-order valence-electron chi connectivity index (χ0n) is 14.4. The summed E-state index contributed by atoms with van der Waals surface area (Å²) in [5, 5.41) is 6.75. The topological polar surface area (TPSA) is 59.6 Å². The number of aryl methyl sites for hydroxylation is 1. The minimum absolute atomic E-state index is 0.376. The molecular weight excluding hydrogens is 336 g/mol. The molecule has 25 heavy (non-hydrogen) atoms. The lowest BCUT2D eigenvalue weighted by molar-refractivity contribution is 0.0601. The van der Waals surface area contributed by atoms with Gasteiger partial charge in [-0.1, -0.05) is 24.3 Å². The van der Waals surface area contributed by atoms with Crippen LogP contribution in [0.3, 0.4) is 0 Å². The highest BCUT2D eigenvalue weighted by Crippen LogP contribution is 2.18. The maximum atomic E-state index is 11.5. The van der Waals surface area contributed by atoms with E-state index in [1.54, 1.807) is 25.3 Å². The second-order valence-corrected chi connectivity index (χ2v) is 5.78. The highest BCUT2D eigenvalue weighted by atomic mass is 32.1. The van der Waals surface area contributed by atoms with Crippen LogP contribution in [0.1, 0.15) is 22.3 Å². The van der Waals surface area contributed by atoms with Crippen molar-refractivity contribution in [2.75, 3.05) is 26.1 Å². The zero-order valence-corrected chi connectivity index (χ0v) is 15.2. The molecule has 0 saturated heterocycles. The Morgan fingerprint density at radius 1 is 1.12 bits per heavy atom. The fourth-order valence-corrected chi connectivity index (χ4v) is 2.63. The van der Waals surface area contributed by atoms with Crippen LogP contribution in [0.2, 0.25) is 0 Å². The molecule has 2 rings (SSSR count). The molecule has 0 fully saturated rings. The van der Waals surface area contributed by atoms with Crippen LogP contribution >= 0.6 is 12.2 Å². The number of ether oxygens (including phenoxy) is 2. The van der Waals surface area contributed by atoms with Gasteiger partial charge in [0, 0.05) is 12.2 Å². The summed E-state index contributed by atoms with van der Waals surface area (Å²) in [7, 11) is 3.04. The average molecular weight is 358 g/mol. The smallest absolute Gasteiger partial charge is 0.337 e. The summed E-state index contributed by atoms with van der Waals surface area (Å²) in [4.78, 5) is 11.5. The van der Waals surface area contributed by atoms with Crippen molar-refractivity contribution in [1.82, 2.24) is 5.32 Å². The van der Waals surface area contributed by atoms with Crippen molar-refractivity contribution in [3.05, 3.63) is 59.7 Å². The normalized spacial score (nSPS) is 10.0. The second kappa shape index (κ2) is 9.64.